The van der Waals surface area contributed by atoms with Gasteiger partial charge in [-0.25, -0.2) is 4.39 Å². The van der Waals surface area contributed by atoms with E-state index in [0.29, 0.717) is 6.61 Å². The van der Waals surface area contributed by atoms with Gasteiger partial charge >= 0.3 is 0 Å². The Hall–Kier alpha value is -2.30. The largest absolute Gasteiger partial charge is 0.462 e. The van der Waals surface area contributed by atoms with E-state index in [-0.39, 0.29) is 28.8 Å². The molecule has 1 fully saturated rings. The molecule has 2 nitrogen and oxygen atoms in total. The average molecular weight is 381 g/mol. The van der Waals surface area contributed by atoms with E-state index in [2.05, 4.69) is 24.3 Å². The average Bonchev–Trinajstić information content (AvgIpc) is 2.73. The van der Waals surface area contributed by atoms with Crippen LogP contribution in [0.5, 0.6) is 5.75 Å². The fourth-order valence-corrected chi connectivity index (χ4v) is 5.27. The molecule has 1 saturated heterocycles. The number of hydrogen-bond donors (Lipinski definition) is 0. The van der Waals surface area contributed by atoms with Gasteiger partial charge in [-0.15, -0.1) is 0 Å². The fraction of sp³-hybridized carbons (Fsp3) is 0.217. The van der Waals surface area contributed by atoms with Crippen molar-refractivity contribution in [2.45, 2.75) is 40.2 Å². The van der Waals surface area contributed by atoms with Crippen LogP contribution in [0.3, 0.4) is 0 Å². The molecule has 0 bridgehead atoms. The number of benzene rings is 3. The number of ether oxygens (including phenoxy) is 2. The van der Waals surface area contributed by atoms with Crippen molar-refractivity contribution in [3.63, 3.8) is 0 Å². The Morgan fingerprint density at radius 2 is 1.48 bits per heavy atom. The van der Waals surface area contributed by atoms with Crippen LogP contribution in [0.25, 0.3) is 0 Å². The second-order valence-electron chi connectivity index (χ2n) is 6.44. The molecule has 0 aliphatic carbocycles. The second-order valence-corrected chi connectivity index (χ2v) is 8.47. The van der Waals surface area contributed by atoms with Crippen molar-refractivity contribution in [3.05, 3.63) is 84.7 Å². The van der Waals surface area contributed by atoms with Crippen LogP contribution in [-0.2, 0) is 15.6 Å². The zero-order valence-electron chi connectivity index (χ0n) is 15.0. The van der Waals surface area contributed by atoms with Crippen LogP contribution in [-0.4, -0.2) is 12.9 Å². The highest BCUT2D eigenvalue weighted by Crippen LogP contribution is 2.34. The Labute approximate surface area is 162 Å². The summed E-state index contributed by atoms with van der Waals surface area (Å²) in [6.45, 7) is 0.671. The third-order valence-corrected chi connectivity index (χ3v) is 6.70. The Bertz CT molecular complexity index is 825. The van der Waals surface area contributed by atoms with Crippen LogP contribution in [0.1, 0.15) is 19.3 Å². The molecule has 3 aromatic carbocycles. The van der Waals surface area contributed by atoms with Gasteiger partial charge in [0, 0.05) is 12.5 Å². The maximum Gasteiger partial charge on any atom is 0.199 e. The van der Waals surface area contributed by atoms with Crippen molar-refractivity contribution < 1.29 is 13.9 Å². The summed E-state index contributed by atoms with van der Waals surface area (Å²) in [6.07, 6.45) is 2.52. The highest BCUT2D eigenvalue weighted by atomic mass is 32.2. The molecule has 4 rings (SSSR count). The minimum Gasteiger partial charge on any atom is -0.462 e. The van der Waals surface area contributed by atoms with Crippen molar-refractivity contribution in [1.82, 2.24) is 0 Å². The smallest absolute Gasteiger partial charge is 0.199 e. The summed E-state index contributed by atoms with van der Waals surface area (Å²) in [6, 6.07) is 25.8. The van der Waals surface area contributed by atoms with Gasteiger partial charge in [0.25, 0.3) is 0 Å². The molecule has 138 valence electrons. The quantitative estimate of drug-likeness (QED) is 0.518. The Balaban J connectivity index is 1.71. The minimum atomic E-state index is -0.362. The minimum absolute atomic E-state index is 0.267. The molecule has 1 heterocycles. The zero-order valence-corrected chi connectivity index (χ0v) is 15.8. The summed E-state index contributed by atoms with van der Waals surface area (Å²) in [7, 11) is -0.327. The summed E-state index contributed by atoms with van der Waals surface area (Å²) in [5, 5.41) is 0. The van der Waals surface area contributed by atoms with Gasteiger partial charge in [0.05, 0.1) is 17.5 Å². The molecule has 1 atom stereocenters. The van der Waals surface area contributed by atoms with E-state index in [9.17, 15) is 4.39 Å². The molecule has 4 heteroatoms. The van der Waals surface area contributed by atoms with E-state index >= 15 is 0 Å². The van der Waals surface area contributed by atoms with Gasteiger partial charge in [-0.2, -0.15) is 0 Å². The first-order valence-electron chi connectivity index (χ1n) is 9.23. The van der Waals surface area contributed by atoms with Gasteiger partial charge in [-0.3, -0.25) is 0 Å². The predicted molar refractivity (Wildman–Crippen MR) is 106 cm³/mol. The molecule has 3 aromatic rings. The molecule has 0 saturated carbocycles. The van der Waals surface area contributed by atoms with Gasteiger partial charge in [0.1, 0.15) is 0 Å². The van der Waals surface area contributed by atoms with Crippen LogP contribution in [0.4, 0.5) is 4.39 Å². The van der Waals surface area contributed by atoms with Crippen molar-refractivity contribution in [2.24, 2.45) is 0 Å². The molecule has 27 heavy (non-hydrogen) atoms. The Kier molecular flexibility index (Phi) is 5.75. The first-order chi connectivity index (χ1) is 13.3. The lowest BCUT2D eigenvalue weighted by molar-refractivity contribution is -0.107. The van der Waals surface area contributed by atoms with Gasteiger partial charge in [0.2, 0.25) is 0 Å². The molecular formula is C23H22FO2S+. The summed E-state index contributed by atoms with van der Waals surface area (Å²) >= 11 is 0. The molecule has 0 N–H and O–H groups in total. The lowest BCUT2D eigenvalue weighted by Crippen LogP contribution is -2.25. The maximum atomic E-state index is 14.4. The number of halogens is 1. The summed E-state index contributed by atoms with van der Waals surface area (Å²) in [5.74, 6) is -0.0821. The van der Waals surface area contributed by atoms with E-state index in [1.165, 1.54) is 15.9 Å². The molecule has 0 radical (unpaired) electrons. The topological polar surface area (TPSA) is 18.5 Å². The van der Waals surface area contributed by atoms with E-state index in [0.717, 1.165) is 24.2 Å². The molecule has 1 unspecified atom stereocenters. The van der Waals surface area contributed by atoms with Crippen molar-refractivity contribution in [3.8, 4) is 5.75 Å². The molecule has 0 amide bonds. The van der Waals surface area contributed by atoms with Crippen molar-refractivity contribution in [2.75, 3.05) is 6.61 Å². The van der Waals surface area contributed by atoms with Crippen LogP contribution in [0.15, 0.2) is 93.5 Å². The Morgan fingerprint density at radius 3 is 2.07 bits per heavy atom. The van der Waals surface area contributed by atoms with Gasteiger partial charge in [-0.1, -0.05) is 36.4 Å². The normalized spacial score (nSPS) is 17.0. The van der Waals surface area contributed by atoms with Crippen LogP contribution in [0, 0.1) is 5.82 Å². The van der Waals surface area contributed by atoms with E-state index in [1.54, 1.807) is 0 Å². The van der Waals surface area contributed by atoms with Gasteiger partial charge in [-0.05, 0) is 49.2 Å². The molecule has 0 spiro atoms. The fourth-order valence-electron chi connectivity index (χ4n) is 3.17. The van der Waals surface area contributed by atoms with Crippen LogP contribution >= 0.6 is 0 Å². The van der Waals surface area contributed by atoms with Gasteiger partial charge in [0.15, 0.2) is 32.5 Å². The Morgan fingerprint density at radius 1 is 0.815 bits per heavy atom. The monoisotopic (exact) mass is 381 g/mol. The van der Waals surface area contributed by atoms with E-state index < -0.39 is 0 Å². The third-order valence-electron chi connectivity index (χ3n) is 4.49. The van der Waals surface area contributed by atoms with Gasteiger partial charge < -0.3 is 9.47 Å². The zero-order chi connectivity index (χ0) is 18.5. The predicted octanol–water partition coefficient (Wildman–Crippen LogP) is 5.83. The summed E-state index contributed by atoms with van der Waals surface area (Å²) in [5.41, 5.74) is 0. The second kappa shape index (κ2) is 8.59. The molecule has 1 aliphatic rings. The molecule has 0 aromatic heterocycles. The first-order valence-corrected chi connectivity index (χ1v) is 10.5. The lowest BCUT2D eigenvalue weighted by Gasteiger charge is -2.23. The number of hydrogen-bond acceptors (Lipinski definition) is 2. The highest BCUT2D eigenvalue weighted by molar-refractivity contribution is 7.97. The van der Waals surface area contributed by atoms with Crippen molar-refractivity contribution >= 4 is 10.9 Å². The summed E-state index contributed by atoms with van der Waals surface area (Å²) in [4.78, 5) is 3.41. The van der Waals surface area contributed by atoms with Crippen LogP contribution < -0.4 is 4.74 Å². The number of rotatable bonds is 5. The molecule has 1 aliphatic heterocycles. The van der Waals surface area contributed by atoms with E-state index in [1.807, 2.05) is 48.5 Å². The van der Waals surface area contributed by atoms with E-state index in [4.69, 9.17) is 9.47 Å². The van der Waals surface area contributed by atoms with Crippen LogP contribution in [0.2, 0.25) is 0 Å². The standard InChI is InChI=1S/C23H22FO2S/c24-21-15-14-20(17-22(21)26-23-13-7-8-16-25-23)27(18-9-3-1-4-10-18)19-11-5-2-6-12-19/h1-6,9-12,14-15,17,23H,7-8,13,16H2/q+1. The summed E-state index contributed by atoms with van der Waals surface area (Å²) < 4.78 is 25.9. The maximum absolute atomic E-state index is 14.4. The van der Waals surface area contributed by atoms with Crippen molar-refractivity contribution in [1.29, 1.82) is 0 Å². The lowest BCUT2D eigenvalue weighted by atomic mass is 10.2. The third kappa shape index (κ3) is 4.34. The first kappa shape index (κ1) is 18.1. The SMILES string of the molecule is Fc1ccc([S+](c2ccccc2)c2ccccc2)cc1OC1CCCCO1. The molecular weight excluding hydrogens is 359 g/mol. The highest BCUT2D eigenvalue weighted by Gasteiger charge is 2.30.